The zero-order valence-corrected chi connectivity index (χ0v) is 17.1. The van der Waals surface area contributed by atoms with Gasteiger partial charge in [-0.2, -0.15) is 0 Å². The number of aromatic nitrogens is 2. The van der Waals surface area contributed by atoms with E-state index in [4.69, 9.17) is 14.7 Å². The van der Waals surface area contributed by atoms with Crippen LogP contribution in [-0.4, -0.2) is 40.3 Å². The first-order chi connectivity index (χ1) is 14.0. The van der Waals surface area contributed by atoms with Gasteiger partial charge < -0.3 is 9.64 Å². The SMILES string of the molecule is CCC(=O)N1CCCC1c1nc(C)c2c(n1)N(Cc1ccccc1OC)C(=O)C2. The number of rotatable bonds is 5. The van der Waals surface area contributed by atoms with Crippen molar-refractivity contribution in [1.29, 1.82) is 0 Å². The fourth-order valence-corrected chi connectivity index (χ4v) is 4.25. The Morgan fingerprint density at radius 1 is 1.28 bits per heavy atom. The van der Waals surface area contributed by atoms with E-state index in [0.29, 0.717) is 31.0 Å². The quantitative estimate of drug-likeness (QED) is 0.779. The van der Waals surface area contributed by atoms with Crippen LogP contribution in [0.5, 0.6) is 5.75 Å². The summed E-state index contributed by atoms with van der Waals surface area (Å²) in [6.07, 6.45) is 2.57. The number of anilines is 1. The maximum atomic E-state index is 12.8. The van der Waals surface area contributed by atoms with Crippen molar-refractivity contribution in [3.05, 3.63) is 46.9 Å². The highest BCUT2D eigenvalue weighted by Crippen LogP contribution is 2.36. The fourth-order valence-electron chi connectivity index (χ4n) is 4.25. The van der Waals surface area contributed by atoms with Crippen molar-refractivity contribution in [2.75, 3.05) is 18.6 Å². The lowest BCUT2D eigenvalue weighted by Gasteiger charge is -2.25. The minimum Gasteiger partial charge on any atom is -0.496 e. The molecule has 0 spiro atoms. The van der Waals surface area contributed by atoms with Gasteiger partial charge in [0.15, 0.2) is 5.82 Å². The molecule has 1 aromatic heterocycles. The average Bonchev–Trinajstić information content (AvgIpc) is 3.34. The molecule has 2 aliphatic heterocycles. The third-order valence-corrected chi connectivity index (χ3v) is 5.79. The van der Waals surface area contributed by atoms with Gasteiger partial charge in [0.1, 0.15) is 11.6 Å². The van der Waals surface area contributed by atoms with Crippen LogP contribution in [0, 0.1) is 6.92 Å². The number of fused-ring (bicyclic) bond motifs is 1. The van der Waals surface area contributed by atoms with Gasteiger partial charge in [-0.15, -0.1) is 0 Å². The number of benzene rings is 1. The Hall–Kier alpha value is -2.96. The van der Waals surface area contributed by atoms with E-state index in [9.17, 15) is 9.59 Å². The van der Waals surface area contributed by atoms with Crippen molar-refractivity contribution in [3.63, 3.8) is 0 Å². The summed E-state index contributed by atoms with van der Waals surface area (Å²) in [5, 5.41) is 0. The molecule has 4 rings (SSSR count). The number of methoxy groups -OCH3 is 1. The average molecular weight is 394 g/mol. The van der Waals surface area contributed by atoms with Crippen molar-refractivity contribution < 1.29 is 14.3 Å². The van der Waals surface area contributed by atoms with Crippen molar-refractivity contribution in [2.45, 2.75) is 52.1 Å². The first-order valence-corrected chi connectivity index (χ1v) is 10.1. The zero-order chi connectivity index (χ0) is 20.5. The topological polar surface area (TPSA) is 75.6 Å². The predicted octanol–water partition coefficient (Wildman–Crippen LogP) is 2.96. The molecule has 1 aromatic carbocycles. The molecule has 0 radical (unpaired) electrons. The monoisotopic (exact) mass is 394 g/mol. The van der Waals surface area contributed by atoms with E-state index in [1.807, 2.05) is 43.0 Å². The molecule has 7 nitrogen and oxygen atoms in total. The molecule has 152 valence electrons. The van der Waals surface area contributed by atoms with Crippen LogP contribution in [0.15, 0.2) is 24.3 Å². The highest BCUT2D eigenvalue weighted by atomic mass is 16.5. The Kier molecular flexibility index (Phi) is 5.22. The van der Waals surface area contributed by atoms with Crippen molar-refractivity contribution in [3.8, 4) is 5.75 Å². The number of carbonyl (C=O) groups is 2. The summed E-state index contributed by atoms with van der Waals surface area (Å²) in [6.45, 7) is 4.93. The van der Waals surface area contributed by atoms with E-state index < -0.39 is 0 Å². The lowest BCUT2D eigenvalue weighted by Crippen LogP contribution is -2.31. The molecule has 29 heavy (non-hydrogen) atoms. The number of likely N-dealkylation sites (tertiary alicyclic amines) is 1. The van der Waals surface area contributed by atoms with Gasteiger partial charge in [-0.3, -0.25) is 14.5 Å². The highest BCUT2D eigenvalue weighted by molar-refractivity contribution is 6.00. The predicted molar refractivity (Wildman–Crippen MR) is 109 cm³/mol. The molecule has 1 saturated heterocycles. The molecule has 2 aromatic rings. The number of ether oxygens (including phenoxy) is 1. The molecule has 3 heterocycles. The minimum absolute atomic E-state index is 0.00775. The number of para-hydroxylation sites is 1. The molecule has 0 bridgehead atoms. The van der Waals surface area contributed by atoms with Gasteiger partial charge in [0.25, 0.3) is 0 Å². The van der Waals surface area contributed by atoms with Crippen LogP contribution in [-0.2, 0) is 22.6 Å². The molecule has 7 heteroatoms. The summed E-state index contributed by atoms with van der Waals surface area (Å²) in [5.41, 5.74) is 2.62. The Morgan fingerprint density at radius 2 is 2.07 bits per heavy atom. The van der Waals surface area contributed by atoms with E-state index in [-0.39, 0.29) is 17.9 Å². The van der Waals surface area contributed by atoms with E-state index in [2.05, 4.69) is 0 Å². The number of carbonyl (C=O) groups excluding carboxylic acids is 2. The second-order valence-electron chi connectivity index (χ2n) is 7.54. The first kappa shape index (κ1) is 19.4. The second kappa shape index (κ2) is 7.81. The van der Waals surface area contributed by atoms with Crippen LogP contribution in [0.2, 0.25) is 0 Å². The zero-order valence-electron chi connectivity index (χ0n) is 17.1. The van der Waals surface area contributed by atoms with Crippen LogP contribution >= 0.6 is 0 Å². The summed E-state index contributed by atoms with van der Waals surface area (Å²) in [5.74, 6) is 2.18. The summed E-state index contributed by atoms with van der Waals surface area (Å²) in [7, 11) is 1.63. The van der Waals surface area contributed by atoms with Gasteiger partial charge in [-0.1, -0.05) is 25.1 Å². The molecule has 1 fully saturated rings. The highest BCUT2D eigenvalue weighted by Gasteiger charge is 2.36. The summed E-state index contributed by atoms with van der Waals surface area (Å²) >= 11 is 0. The number of amides is 2. The number of nitrogens with zero attached hydrogens (tertiary/aromatic N) is 4. The van der Waals surface area contributed by atoms with E-state index >= 15 is 0 Å². The lowest BCUT2D eigenvalue weighted by atomic mass is 10.1. The Bertz CT molecular complexity index is 959. The standard InChI is InChI=1S/C22H26N4O3/c1-4-19(27)25-11-7-9-17(25)21-23-14(2)16-12-20(28)26(22(16)24-21)13-15-8-5-6-10-18(15)29-3/h5-6,8,10,17H,4,7,9,11-13H2,1-3H3. The van der Waals surface area contributed by atoms with Crippen molar-refractivity contribution in [2.24, 2.45) is 0 Å². The molecular weight excluding hydrogens is 368 g/mol. The van der Waals surface area contributed by atoms with Crippen molar-refractivity contribution in [1.82, 2.24) is 14.9 Å². The molecule has 1 unspecified atom stereocenters. The van der Waals surface area contributed by atoms with Gasteiger partial charge in [0, 0.05) is 29.8 Å². The van der Waals surface area contributed by atoms with Crippen molar-refractivity contribution >= 4 is 17.6 Å². The van der Waals surface area contributed by atoms with Crippen LogP contribution in [0.3, 0.4) is 0 Å². The third kappa shape index (κ3) is 3.45. The summed E-state index contributed by atoms with van der Waals surface area (Å²) in [6, 6.07) is 7.57. The molecule has 0 aliphatic carbocycles. The molecule has 1 atom stereocenters. The fraction of sp³-hybridized carbons (Fsp3) is 0.455. The van der Waals surface area contributed by atoms with Gasteiger partial charge in [0.05, 0.1) is 26.1 Å². The van der Waals surface area contributed by atoms with E-state index in [0.717, 1.165) is 42.0 Å². The lowest BCUT2D eigenvalue weighted by molar-refractivity contribution is -0.131. The maximum absolute atomic E-state index is 12.8. The number of hydrogen-bond donors (Lipinski definition) is 0. The normalized spacial score (nSPS) is 18.3. The molecule has 0 saturated carbocycles. The van der Waals surface area contributed by atoms with Crippen LogP contribution in [0.25, 0.3) is 0 Å². The smallest absolute Gasteiger partial charge is 0.233 e. The van der Waals surface area contributed by atoms with Crippen LogP contribution in [0.1, 0.15) is 54.9 Å². The third-order valence-electron chi connectivity index (χ3n) is 5.79. The molecular formula is C22H26N4O3. The second-order valence-corrected chi connectivity index (χ2v) is 7.54. The molecule has 2 amide bonds. The maximum Gasteiger partial charge on any atom is 0.233 e. The van der Waals surface area contributed by atoms with Crippen LogP contribution in [0.4, 0.5) is 5.82 Å². The Balaban J connectivity index is 1.70. The minimum atomic E-state index is -0.115. The van der Waals surface area contributed by atoms with Gasteiger partial charge in [-0.25, -0.2) is 9.97 Å². The van der Waals surface area contributed by atoms with Gasteiger partial charge >= 0.3 is 0 Å². The van der Waals surface area contributed by atoms with Gasteiger partial charge in [0.2, 0.25) is 11.8 Å². The molecule has 0 N–H and O–H groups in total. The van der Waals surface area contributed by atoms with Gasteiger partial charge in [-0.05, 0) is 25.8 Å². The summed E-state index contributed by atoms with van der Waals surface area (Å²) in [4.78, 5) is 38.2. The largest absolute Gasteiger partial charge is 0.496 e. The van der Waals surface area contributed by atoms with E-state index in [1.165, 1.54) is 0 Å². The molecule has 2 aliphatic rings. The van der Waals surface area contributed by atoms with E-state index in [1.54, 1.807) is 12.0 Å². The summed E-state index contributed by atoms with van der Waals surface area (Å²) < 4.78 is 5.45. The van der Waals surface area contributed by atoms with Crippen LogP contribution < -0.4 is 9.64 Å². The first-order valence-electron chi connectivity index (χ1n) is 10.1. The Labute approximate surface area is 170 Å². The number of aryl methyl sites for hydroxylation is 1. The Morgan fingerprint density at radius 3 is 2.83 bits per heavy atom. The number of hydrogen-bond acceptors (Lipinski definition) is 5.